The molecule has 1 unspecified atom stereocenters. The molecule has 0 fully saturated rings. The van der Waals surface area contributed by atoms with Gasteiger partial charge >= 0.3 is 0 Å². The van der Waals surface area contributed by atoms with Crippen molar-refractivity contribution in [3.63, 3.8) is 0 Å². The number of hydrogen-bond donors (Lipinski definition) is 1. The van der Waals surface area contributed by atoms with Crippen LogP contribution in [0.15, 0.2) is 29.2 Å². The van der Waals surface area contributed by atoms with Crippen LogP contribution in [-0.2, 0) is 0 Å². The maximum Gasteiger partial charge on any atom is 0.0594 e. The summed E-state index contributed by atoms with van der Waals surface area (Å²) in [7, 11) is 0. The number of thioether (sulfide) groups is 1. The van der Waals surface area contributed by atoms with E-state index in [0.717, 1.165) is 12.3 Å². The summed E-state index contributed by atoms with van der Waals surface area (Å²) in [5.74, 6) is 6.85. The molecule has 0 aliphatic heterocycles. The van der Waals surface area contributed by atoms with Gasteiger partial charge < -0.3 is 5.32 Å². The maximum atomic E-state index is 3.49. The van der Waals surface area contributed by atoms with E-state index in [0.29, 0.717) is 6.04 Å². The van der Waals surface area contributed by atoms with Crippen LogP contribution < -0.4 is 5.32 Å². The largest absolute Gasteiger partial charge is 0.310 e. The highest BCUT2D eigenvalue weighted by Crippen LogP contribution is 2.20. The van der Waals surface area contributed by atoms with Gasteiger partial charge in [-0.05, 0) is 44.5 Å². The molecule has 2 heteroatoms. The fraction of sp³-hybridized carbons (Fsp3) is 0.467. The molecule has 0 saturated heterocycles. The van der Waals surface area contributed by atoms with Crippen molar-refractivity contribution in [2.24, 2.45) is 0 Å². The molecule has 0 aliphatic rings. The molecule has 0 aromatic heterocycles. The molecular formula is C15H21NS. The van der Waals surface area contributed by atoms with Crippen molar-refractivity contribution in [1.82, 2.24) is 5.32 Å². The van der Waals surface area contributed by atoms with E-state index in [1.54, 1.807) is 11.8 Å². The van der Waals surface area contributed by atoms with Crippen molar-refractivity contribution >= 4 is 11.8 Å². The Morgan fingerprint density at radius 1 is 1.29 bits per heavy atom. The van der Waals surface area contributed by atoms with E-state index < -0.39 is 0 Å². The zero-order valence-electron chi connectivity index (χ0n) is 10.9. The molecule has 92 valence electrons. The van der Waals surface area contributed by atoms with E-state index in [9.17, 15) is 0 Å². The Morgan fingerprint density at radius 2 is 2.00 bits per heavy atom. The van der Waals surface area contributed by atoms with Gasteiger partial charge in [-0.3, -0.25) is 0 Å². The van der Waals surface area contributed by atoms with Gasteiger partial charge in [0.2, 0.25) is 0 Å². The molecule has 0 bridgehead atoms. The lowest BCUT2D eigenvalue weighted by Gasteiger charge is -2.13. The van der Waals surface area contributed by atoms with Crippen LogP contribution >= 0.6 is 11.8 Å². The number of hydrogen-bond acceptors (Lipinski definition) is 2. The third-order valence-corrected chi connectivity index (χ3v) is 3.46. The second-order valence-corrected chi connectivity index (χ2v) is 5.01. The van der Waals surface area contributed by atoms with Crippen LogP contribution in [0.25, 0.3) is 0 Å². The standard InChI is InChI=1S/C15H21NS/c1-4-6-12-17-15-9-7-14(8-10-15)13(3)16-11-5-2/h7-10,13,16H,5,11-12H2,1-3H3. The second kappa shape index (κ2) is 8.22. The molecule has 0 spiro atoms. The Balaban J connectivity index is 2.50. The molecule has 0 amide bonds. The van der Waals surface area contributed by atoms with E-state index >= 15 is 0 Å². The molecule has 0 saturated carbocycles. The number of benzene rings is 1. The van der Waals surface area contributed by atoms with Crippen molar-refractivity contribution in [3.8, 4) is 11.8 Å². The summed E-state index contributed by atoms with van der Waals surface area (Å²) < 4.78 is 0. The minimum atomic E-state index is 0.435. The quantitative estimate of drug-likeness (QED) is 0.605. The van der Waals surface area contributed by atoms with Crippen molar-refractivity contribution in [2.45, 2.75) is 38.1 Å². The van der Waals surface area contributed by atoms with Crippen LogP contribution in [0.2, 0.25) is 0 Å². The Labute approximate surface area is 109 Å². The van der Waals surface area contributed by atoms with Crippen LogP contribution in [0, 0.1) is 11.8 Å². The average molecular weight is 247 g/mol. The highest BCUT2D eigenvalue weighted by atomic mass is 32.2. The first kappa shape index (κ1) is 14.2. The van der Waals surface area contributed by atoms with Crippen molar-refractivity contribution in [1.29, 1.82) is 0 Å². The molecule has 0 heterocycles. The predicted molar refractivity (Wildman–Crippen MR) is 77.3 cm³/mol. The smallest absolute Gasteiger partial charge is 0.0594 e. The fourth-order valence-electron chi connectivity index (χ4n) is 1.52. The average Bonchev–Trinajstić information content (AvgIpc) is 2.37. The lowest BCUT2D eigenvalue weighted by atomic mass is 10.1. The van der Waals surface area contributed by atoms with Crippen LogP contribution in [0.4, 0.5) is 0 Å². The number of nitrogens with one attached hydrogen (secondary N) is 1. The first-order valence-corrected chi connectivity index (χ1v) is 7.12. The molecule has 1 aromatic rings. The molecule has 17 heavy (non-hydrogen) atoms. The van der Waals surface area contributed by atoms with Gasteiger partial charge in [-0.25, -0.2) is 0 Å². The predicted octanol–water partition coefficient (Wildman–Crippen LogP) is 3.86. The van der Waals surface area contributed by atoms with Gasteiger partial charge in [0, 0.05) is 10.9 Å². The van der Waals surface area contributed by atoms with Gasteiger partial charge in [-0.1, -0.05) is 25.0 Å². The Bertz CT molecular complexity index is 372. The summed E-state index contributed by atoms with van der Waals surface area (Å²) in [5.41, 5.74) is 1.35. The van der Waals surface area contributed by atoms with E-state index in [1.165, 1.54) is 16.9 Å². The minimum Gasteiger partial charge on any atom is -0.310 e. The van der Waals surface area contributed by atoms with Gasteiger partial charge in [0.15, 0.2) is 0 Å². The third kappa shape index (κ3) is 5.30. The van der Waals surface area contributed by atoms with Crippen LogP contribution in [0.5, 0.6) is 0 Å². The number of rotatable bonds is 6. The molecule has 1 rings (SSSR count). The molecule has 0 radical (unpaired) electrons. The lowest BCUT2D eigenvalue weighted by Crippen LogP contribution is -2.19. The van der Waals surface area contributed by atoms with Gasteiger partial charge in [-0.2, -0.15) is 0 Å². The summed E-state index contributed by atoms with van der Waals surface area (Å²) in [5, 5.41) is 3.49. The Hall–Kier alpha value is -0.910. The normalized spacial score (nSPS) is 11.7. The highest BCUT2D eigenvalue weighted by molar-refractivity contribution is 7.99. The molecule has 1 N–H and O–H groups in total. The summed E-state index contributed by atoms with van der Waals surface area (Å²) in [4.78, 5) is 1.29. The Kier molecular flexibility index (Phi) is 6.84. The van der Waals surface area contributed by atoms with Crippen molar-refractivity contribution in [2.75, 3.05) is 12.3 Å². The highest BCUT2D eigenvalue weighted by Gasteiger charge is 2.03. The van der Waals surface area contributed by atoms with Gasteiger partial charge in [0.05, 0.1) is 5.75 Å². The maximum absolute atomic E-state index is 3.49. The van der Waals surface area contributed by atoms with Crippen molar-refractivity contribution in [3.05, 3.63) is 29.8 Å². The zero-order valence-corrected chi connectivity index (χ0v) is 11.7. The van der Waals surface area contributed by atoms with Gasteiger partial charge in [0.1, 0.15) is 0 Å². The fourth-order valence-corrected chi connectivity index (χ4v) is 2.23. The van der Waals surface area contributed by atoms with E-state index in [-0.39, 0.29) is 0 Å². The van der Waals surface area contributed by atoms with E-state index in [4.69, 9.17) is 0 Å². The molecule has 0 aliphatic carbocycles. The monoisotopic (exact) mass is 247 g/mol. The van der Waals surface area contributed by atoms with E-state index in [2.05, 4.69) is 55.3 Å². The zero-order chi connectivity index (χ0) is 12.5. The van der Waals surface area contributed by atoms with E-state index in [1.807, 2.05) is 6.92 Å². The van der Waals surface area contributed by atoms with Gasteiger partial charge in [-0.15, -0.1) is 17.7 Å². The second-order valence-electron chi connectivity index (χ2n) is 3.96. The SMILES string of the molecule is CC#CCSc1ccc(C(C)NCCC)cc1. The lowest BCUT2D eigenvalue weighted by molar-refractivity contribution is 0.570. The van der Waals surface area contributed by atoms with Crippen LogP contribution in [-0.4, -0.2) is 12.3 Å². The first-order valence-electron chi connectivity index (χ1n) is 6.13. The summed E-state index contributed by atoms with van der Waals surface area (Å²) in [6.45, 7) is 7.35. The van der Waals surface area contributed by atoms with Gasteiger partial charge in [0.25, 0.3) is 0 Å². The topological polar surface area (TPSA) is 12.0 Å². The third-order valence-electron chi connectivity index (χ3n) is 2.57. The summed E-state index contributed by atoms with van der Waals surface area (Å²) in [6, 6.07) is 9.21. The molecule has 1 nitrogen and oxygen atoms in total. The van der Waals surface area contributed by atoms with Crippen LogP contribution in [0.3, 0.4) is 0 Å². The van der Waals surface area contributed by atoms with Crippen LogP contribution in [0.1, 0.15) is 38.8 Å². The summed E-state index contributed by atoms with van der Waals surface area (Å²) >= 11 is 1.79. The Morgan fingerprint density at radius 3 is 2.59 bits per heavy atom. The summed E-state index contributed by atoms with van der Waals surface area (Å²) in [6.07, 6.45) is 1.17. The molecule has 1 atom stereocenters. The van der Waals surface area contributed by atoms with Crippen molar-refractivity contribution < 1.29 is 0 Å². The first-order chi connectivity index (χ1) is 8.27. The minimum absolute atomic E-state index is 0.435. The molecular weight excluding hydrogens is 226 g/mol. The molecule has 1 aromatic carbocycles.